The molecule has 0 spiro atoms. The molecule has 0 radical (unpaired) electrons. The van der Waals surface area contributed by atoms with Gasteiger partial charge in [0.15, 0.2) is 0 Å². The Balaban J connectivity index is 3.23. The van der Waals surface area contributed by atoms with Gasteiger partial charge < -0.3 is 0 Å². The molecule has 0 aliphatic heterocycles. The molecule has 1 aliphatic carbocycles. The van der Waals surface area contributed by atoms with Crippen LogP contribution in [0.15, 0.2) is 24.3 Å². The average molecular weight is 369 g/mol. The van der Waals surface area contributed by atoms with Crippen molar-refractivity contribution in [2.75, 3.05) is 0 Å². The molecule has 0 saturated heterocycles. The van der Waals surface area contributed by atoms with Gasteiger partial charge in [-0.05, 0) is 59.8 Å². The summed E-state index contributed by atoms with van der Waals surface area (Å²) in [6, 6.07) is 0. The molecular weight excluding hydrogens is 328 g/mol. The van der Waals surface area contributed by atoms with Crippen LogP contribution in [-0.4, -0.2) is 23.4 Å². The van der Waals surface area contributed by atoms with Crippen LogP contribution in [0.25, 0.3) is 0 Å². The number of hydrogen-bond acceptors (Lipinski definition) is 4. The molecule has 1 aliphatic rings. The van der Waals surface area contributed by atoms with Gasteiger partial charge in [-0.3, -0.25) is 0 Å². The summed E-state index contributed by atoms with van der Waals surface area (Å²) in [7, 11) is 0. The molecule has 0 aromatic carbocycles. The minimum atomic E-state index is -0.376. The maximum Gasteiger partial charge on any atom is 0.107 e. The Bertz CT molecular complexity index is 447. The molecule has 1 rings (SSSR count). The maximum atomic E-state index is 6.05. The highest BCUT2D eigenvalue weighted by atomic mass is 17.2. The molecule has 0 aromatic rings. The summed E-state index contributed by atoms with van der Waals surface area (Å²) in [6.07, 6.45) is 9.01. The van der Waals surface area contributed by atoms with Gasteiger partial charge in [0, 0.05) is 0 Å². The van der Waals surface area contributed by atoms with Crippen LogP contribution in [0.5, 0.6) is 0 Å². The molecule has 152 valence electrons. The van der Waals surface area contributed by atoms with Crippen molar-refractivity contribution in [3.63, 3.8) is 0 Å². The lowest BCUT2D eigenvalue weighted by molar-refractivity contribution is -0.427. The van der Waals surface area contributed by atoms with E-state index in [2.05, 4.69) is 52.0 Å². The highest BCUT2D eigenvalue weighted by Crippen LogP contribution is 2.45. The van der Waals surface area contributed by atoms with E-state index in [1.165, 1.54) is 0 Å². The lowest BCUT2D eigenvalue weighted by Crippen LogP contribution is -2.52. The van der Waals surface area contributed by atoms with Crippen LogP contribution in [0, 0.1) is 17.3 Å². The fourth-order valence-corrected chi connectivity index (χ4v) is 3.27. The standard InChI is InChI=1S/C22H40O4/c1-16(2)18(23-25-20(5,6)7)22(14-12-11-13-15-22)19(17(3)4)24-26-21(8,9)10/h11-14,16-19H,15H2,1-10H3. The smallest absolute Gasteiger partial charge is 0.107 e. The van der Waals surface area contributed by atoms with Gasteiger partial charge in [0.2, 0.25) is 0 Å². The van der Waals surface area contributed by atoms with Crippen molar-refractivity contribution in [2.45, 2.75) is 99.1 Å². The first-order chi connectivity index (χ1) is 11.8. The first-order valence-corrected chi connectivity index (χ1v) is 9.82. The van der Waals surface area contributed by atoms with E-state index in [9.17, 15) is 0 Å². The molecule has 2 atom stereocenters. The van der Waals surface area contributed by atoms with Crippen molar-refractivity contribution in [1.82, 2.24) is 0 Å². The van der Waals surface area contributed by atoms with Crippen molar-refractivity contribution >= 4 is 0 Å². The molecule has 4 nitrogen and oxygen atoms in total. The molecule has 0 aromatic heterocycles. The van der Waals surface area contributed by atoms with Gasteiger partial charge >= 0.3 is 0 Å². The molecule has 0 fully saturated rings. The van der Waals surface area contributed by atoms with Crippen LogP contribution in [0.4, 0.5) is 0 Å². The maximum absolute atomic E-state index is 6.05. The van der Waals surface area contributed by atoms with Crippen LogP contribution in [-0.2, 0) is 19.6 Å². The molecule has 0 N–H and O–H groups in total. The SMILES string of the molecule is CC(C)C(OOC(C)(C)C)C1(C(OOC(C)(C)C)C(C)C)C=CC=CC1. The zero-order valence-electron chi connectivity index (χ0n) is 18.5. The lowest BCUT2D eigenvalue weighted by Gasteiger charge is -2.46. The van der Waals surface area contributed by atoms with Crippen molar-refractivity contribution in [3.05, 3.63) is 24.3 Å². The minimum Gasteiger partial charge on any atom is -0.232 e. The zero-order valence-corrected chi connectivity index (χ0v) is 18.5. The number of hydrogen-bond donors (Lipinski definition) is 0. The largest absolute Gasteiger partial charge is 0.232 e. The quantitative estimate of drug-likeness (QED) is 0.387. The molecule has 0 amide bonds. The van der Waals surface area contributed by atoms with Crippen LogP contribution < -0.4 is 0 Å². The molecule has 4 heteroatoms. The average Bonchev–Trinajstić information content (AvgIpc) is 2.45. The Morgan fingerprint density at radius 3 is 1.42 bits per heavy atom. The second-order valence-electron chi connectivity index (χ2n) is 10.0. The molecule has 0 saturated carbocycles. The van der Waals surface area contributed by atoms with Crippen LogP contribution in [0.3, 0.4) is 0 Å². The predicted octanol–water partition coefficient (Wildman–Crippen LogP) is 6.03. The lowest BCUT2D eigenvalue weighted by atomic mass is 9.66. The number of rotatable bonds is 8. The third-order valence-corrected chi connectivity index (χ3v) is 4.20. The summed E-state index contributed by atoms with van der Waals surface area (Å²) in [5.74, 6) is 0.487. The fraction of sp³-hybridized carbons (Fsp3) is 0.818. The second-order valence-corrected chi connectivity index (χ2v) is 10.0. The van der Waals surface area contributed by atoms with Crippen LogP contribution in [0.1, 0.15) is 75.7 Å². The van der Waals surface area contributed by atoms with Crippen LogP contribution in [0.2, 0.25) is 0 Å². The Morgan fingerprint density at radius 1 is 0.731 bits per heavy atom. The normalized spacial score (nSPS) is 23.7. The highest BCUT2D eigenvalue weighted by Gasteiger charge is 2.49. The van der Waals surface area contributed by atoms with Crippen LogP contribution >= 0.6 is 0 Å². The summed E-state index contributed by atoms with van der Waals surface area (Å²) in [4.78, 5) is 23.6. The molecular formula is C22H40O4. The van der Waals surface area contributed by atoms with E-state index >= 15 is 0 Å². The Morgan fingerprint density at radius 2 is 1.15 bits per heavy atom. The van der Waals surface area contributed by atoms with E-state index in [1.807, 2.05) is 41.5 Å². The number of allylic oxidation sites excluding steroid dienone is 3. The van der Waals surface area contributed by atoms with Crippen molar-refractivity contribution in [1.29, 1.82) is 0 Å². The van der Waals surface area contributed by atoms with E-state index < -0.39 is 0 Å². The van der Waals surface area contributed by atoms with Gasteiger partial charge in [0.05, 0.1) is 16.6 Å². The highest BCUT2D eigenvalue weighted by molar-refractivity contribution is 5.21. The molecule has 0 bridgehead atoms. The van der Waals surface area contributed by atoms with Gasteiger partial charge in [-0.2, -0.15) is 0 Å². The minimum absolute atomic E-state index is 0.168. The van der Waals surface area contributed by atoms with Gasteiger partial charge in [0.25, 0.3) is 0 Å². The van der Waals surface area contributed by atoms with E-state index in [-0.39, 0.29) is 40.7 Å². The fourth-order valence-electron chi connectivity index (χ4n) is 3.27. The topological polar surface area (TPSA) is 36.9 Å². The molecule has 26 heavy (non-hydrogen) atoms. The summed E-state index contributed by atoms with van der Waals surface area (Å²) in [6.45, 7) is 20.6. The molecule has 0 heterocycles. The van der Waals surface area contributed by atoms with Gasteiger partial charge in [-0.15, -0.1) is 0 Å². The Kier molecular flexibility index (Phi) is 8.09. The zero-order chi connectivity index (χ0) is 20.2. The van der Waals surface area contributed by atoms with Crippen molar-refractivity contribution in [3.8, 4) is 0 Å². The second kappa shape index (κ2) is 9.01. The third-order valence-electron chi connectivity index (χ3n) is 4.20. The summed E-state index contributed by atoms with van der Waals surface area (Å²) in [5.41, 5.74) is -1.12. The first kappa shape index (κ1) is 23.4. The first-order valence-electron chi connectivity index (χ1n) is 9.82. The van der Waals surface area contributed by atoms with Gasteiger partial charge in [0.1, 0.15) is 12.2 Å². The van der Waals surface area contributed by atoms with Gasteiger partial charge in [-0.1, -0.05) is 52.0 Å². The van der Waals surface area contributed by atoms with E-state index in [0.29, 0.717) is 0 Å². The summed E-state index contributed by atoms with van der Waals surface area (Å²) < 4.78 is 0. The Labute approximate surface area is 160 Å². The summed E-state index contributed by atoms with van der Waals surface area (Å²) >= 11 is 0. The Hall–Kier alpha value is -0.680. The van der Waals surface area contributed by atoms with Crippen molar-refractivity contribution < 1.29 is 19.6 Å². The van der Waals surface area contributed by atoms with Crippen molar-refractivity contribution in [2.24, 2.45) is 17.3 Å². The monoisotopic (exact) mass is 368 g/mol. The third kappa shape index (κ3) is 6.80. The predicted molar refractivity (Wildman–Crippen MR) is 106 cm³/mol. The molecule has 2 unspecified atom stereocenters. The van der Waals surface area contributed by atoms with Gasteiger partial charge in [-0.25, -0.2) is 19.6 Å². The summed E-state index contributed by atoms with van der Waals surface area (Å²) in [5, 5.41) is 0. The van der Waals surface area contributed by atoms with E-state index in [0.717, 1.165) is 6.42 Å². The van der Waals surface area contributed by atoms with E-state index in [4.69, 9.17) is 19.6 Å². The van der Waals surface area contributed by atoms with E-state index in [1.54, 1.807) is 0 Å².